The number of hydrogen-bond donors (Lipinski definition) is 2. The third kappa shape index (κ3) is 2.82. The molecule has 6 nitrogen and oxygen atoms in total. The molecule has 1 heterocycles. The fourth-order valence-corrected chi connectivity index (χ4v) is 1.69. The van der Waals surface area contributed by atoms with Gasteiger partial charge in [-0.15, -0.1) is 0 Å². The summed E-state index contributed by atoms with van der Waals surface area (Å²) in [6, 6.07) is 7.03. The number of benzene rings is 1. The van der Waals surface area contributed by atoms with E-state index in [2.05, 4.69) is 15.6 Å². The van der Waals surface area contributed by atoms with Crippen molar-refractivity contribution >= 4 is 23.0 Å². The van der Waals surface area contributed by atoms with Gasteiger partial charge in [0.2, 0.25) is 5.82 Å². The molecule has 104 valence electrons. The lowest BCUT2D eigenvalue weighted by molar-refractivity contribution is -0.384. The van der Waals surface area contributed by atoms with Crippen LogP contribution in [0.3, 0.4) is 0 Å². The topological polar surface area (TPSA) is 80.1 Å². The maximum absolute atomic E-state index is 13.2. The van der Waals surface area contributed by atoms with E-state index in [-0.39, 0.29) is 11.5 Å². The quantitative estimate of drug-likeness (QED) is 0.662. The van der Waals surface area contributed by atoms with Gasteiger partial charge in [0.15, 0.2) is 0 Å². The summed E-state index contributed by atoms with van der Waals surface area (Å²) >= 11 is 0. The van der Waals surface area contributed by atoms with Crippen LogP contribution in [0.2, 0.25) is 0 Å². The zero-order chi connectivity index (χ0) is 14.7. The summed E-state index contributed by atoms with van der Waals surface area (Å²) in [6.45, 7) is 1.77. The largest absolute Gasteiger partial charge is 0.373 e. The molecular formula is C13H13FN4O2. The molecule has 7 heteroatoms. The van der Waals surface area contributed by atoms with Gasteiger partial charge in [-0.2, -0.15) is 0 Å². The fraction of sp³-hybridized carbons (Fsp3) is 0.154. The molecule has 1 aromatic carbocycles. The van der Waals surface area contributed by atoms with Crippen molar-refractivity contribution in [2.24, 2.45) is 0 Å². The lowest BCUT2D eigenvalue weighted by Gasteiger charge is -2.10. The second-order valence-electron chi connectivity index (χ2n) is 4.16. The highest BCUT2D eigenvalue weighted by Gasteiger charge is 2.16. The molecular weight excluding hydrogens is 263 g/mol. The van der Waals surface area contributed by atoms with Gasteiger partial charge < -0.3 is 10.6 Å². The van der Waals surface area contributed by atoms with Gasteiger partial charge in [0.25, 0.3) is 0 Å². The van der Waals surface area contributed by atoms with Crippen molar-refractivity contribution in [2.45, 2.75) is 6.92 Å². The minimum Gasteiger partial charge on any atom is -0.373 e. The third-order valence-electron chi connectivity index (χ3n) is 2.78. The molecule has 2 N–H and O–H groups in total. The highest BCUT2D eigenvalue weighted by atomic mass is 19.1. The van der Waals surface area contributed by atoms with Gasteiger partial charge in [0.1, 0.15) is 11.6 Å². The molecule has 0 radical (unpaired) electrons. The standard InChI is InChI=1S/C13H13FN4O2/c1-8-3-4-9(14)7-10(8)16-13-11(18(19)20)5-6-12(15-2)17-13/h3-7H,1-2H3,(H2,15,16,17). The number of halogens is 1. The highest BCUT2D eigenvalue weighted by molar-refractivity contribution is 5.69. The number of aryl methyl sites for hydroxylation is 1. The van der Waals surface area contributed by atoms with E-state index in [1.165, 1.54) is 24.3 Å². The Morgan fingerprint density at radius 3 is 2.70 bits per heavy atom. The maximum atomic E-state index is 13.2. The van der Waals surface area contributed by atoms with Gasteiger partial charge in [-0.25, -0.2) is 9.37 Å². The molecule has 0 bridgehead atoms. The number of nitro groups is 1. The van der Waals surface area contributed by atoms with Crippen LogP contribution in [0.15, 0.2) is 30.3 Å². The third-order valence-corrected chi connectivity index (χ3v) is 2.78. The lowest BCUT2D eigenvalue weighted by atomic mass is 10.2. The van der Waals surface area contributed by atoms with Gasteiger partial charge in [-0.3, -0.25) is 10.1 Å². The average Bonchev–Trinajstić information content (AvgIpc) is 2.42. The molecule has 0 fully saturated rings. The average molecular weight is 276 g/mol. The molecule has 0 aliphatic heterocycles. The number of rotatable bonds is 4. The van der Waals surface area contributed by atoms with Crippen LogP contribution in [0.4, 0.5) is 27.4 Å². The molecule has 0 unspecified atom stereocenters. The van der Waals surface area contributed by atoms with Crippen molar-refractivity contribution in [2.75, 3.05) is 17.7 Å². The van der Waals surface area contributed by atoms with E-state index in [9.17, 15) is 14.5 Å². The molecule has 0 saturated carbocycles. The molecule has 1 aromatic heterocycles. The normalized spacial score (nSPS) is 10.2. The van der Waals surface area contributed by atoms with Gasteiger partial charge in [0.05, 0.1) is 4.92 Å². The zero-order valence-corrected chi connectivity index (χ0v) is 11.0. The fourth-order valence-electron chi connectivity index (χ4n) is 1.69. The van der Waals surface area contributed by atoms with Crippen molar-refractivity contribution in [1.82, 2.24) is 4.98 Å². The van der Waals surface area contributed by atoms with Crippen LogP contribution in [0, 0.1) is 22.9 Å². The molecule has 0 saturated heterocycles. The summed E-state index contributed by atoms with van der Waals surface area (Å²) in [6.07, 6.45) is 0. The summed E-state index contributed by atoms with van der Waals surface area (Å²) in [4.78, 5) is 14.5. The monoisotopic (exact) mass is 276 g/mol. The number of nitrogens with zero attached hydrogens (tertiary/aromatic N) is 2. The second-order valence-corrected chi connectivity index (χ2v) is 4.16. The van der Waals surface area contributed by atoms with Crippen LogP contribution >= 0.6 is 0 Å². The number of nitrogens with one attached hydrogen (secondary N) is 2. The van der Waals surface area contributed by atoms with Crippen molar-refractivity contribution in [3.8, 4) is 0 Å². The van der Waals surface area contributed by atoms with Crippen LogP contribution < -0.4 is 10.6 Å². The molecule has 2 aromatic rings. The van der Waals surface area contributed by atoms with Gasteiger partial charge in [0, 0.05) is 18.8 Å². The Morgan fingerprint density at radius 1 is 1.30 bits per heavy atom. The van der Waals surface area contributed by atoms with E-state index in [0.717, 1.165) is 5.56 Å². The Hall–Kier alpha value is -2.70. The van der Waals surface area contributed by atoms with E-state index >= 15 is 0 Å². The molecule has 0 amide bonds. The first-order valence-corrected chi connectivity index (χ1v) is 5.87. The Bertz CT molecular complexity index is 661. The summed E-state index contributed by atoms with van der Waals surface area (Å²) in [5.41, 5.74) is 1.03. The van der Waals surface area contributed by atoms with E-state index in [1.807, 2.05) is 0 Å². The van der Waals surface area contributed by atoms with Crippen LogP contribution in [0.5, 0.6) is 0 Å². The Morgan fingerprint density at radius 2 is 2.05 bits per heavy atom. The summed E-state index contributed by atoms with van der Waals surface area (Å²) in [7, 11) is 1.66. The lowest BCUT2D eigenvalue weighted by Crippen LogP contribution is -2.03. The van der Waals surface area contributed by atoms with Crippen molar-refractivity contribution in [3.05, 3.63) is 51.8 Å². The summed E-state index contributed by atoms with van der Waals surface area (Å²) < 4.78 is 13.2. The maximum Gasteiger partial charge on any atom is 0.311 e. The minimum absolute atomic E-state index is 0.0653. The molecule has 0 atom stereocenters. The van der Waals surface area contributed by atoms with Gasteiger partial charge in [-0.05, 0) is 30.7 Å². The SMILES string of the molecule is CNc1ccc([N+](=O)[O-])c(Nc2cc(F)ccc2C)n1. The van der Waals surface area contributed by atoms with E-state index in [0.29, 0.717) is 11.5 Å². The van der Waals surface area contributed by atoms with E-state index in [4.69, 9.17) is 0 Å². The van der Waals surface area contributed by atoms with Crippen molar-refractivity contribution in [3.63, 3.8) is 0 Å². The highest BCUT2D eigenvalue weighted by Crippen LogP contribution is 2.28. The van der Waals surface area contributed by atoms with Crippen LogP contribution in [0.1, 0.15) is 5.56 Å². The number of anilines is 3. The van der Waals surface area contributed by atoms with Crippen LogP contribution in [-0.2, 0) is 0 Å². The summed E-state index contributed by atoms with van der Waals surface area (Å²) in [5.74, 6) is 0.119. The molecule has 2 rings (SSSR count). The van der Waals surface area contributed by atoms with Gasteiger partial charge in [-0.1, -0.05) is 6.07 Å². The van der Waals surface area contributed by atoms with Crippen LogP contribution in [0.25, 0.3) is 0 Å². The first kappa shape index (κ1) is 13.7. The van der Waals surface area contributed by atoms with E-state index in [1.54, 1.807) is 20.0 Å². The molecule has 0 aliphatic rings. The second kappa shape index (κ2) is 5.52. The summed E-state index contributed by atoms with van der Waals surface area (Å²) in [5, 5.41) is 16.6. The van der Waals surface area contributed by atoms with Gasteiger partial charge >= 0.3 is 5.69 Å². The molecule has 20 heavy (non-hydrogen) atoms. The number of pyridine rings is 1. The first-order valence-electron chi connectivity index (χ1n) is 5.87. The zero-order valence-electron chi connectivity index (χ0n) is 11.0. The molecule has 0 spiro atoms. The first-order chi connectivity index (χ1) is 9.51. The van der Waals surface area contributed by atoms with E-state index < -0.39 is 10.7 Å². The molecule has 0 aliphatic carbocycles. The van der Waals surface area contributed by atoms with Crippen LogP contribution in [-0.4, -0.2) is 17.0 Å². The Labute approximate surface area is 114 Å². The number of hydrogen-bond acceptors (Lipinski definition) is 5. The number of aromatic nitrogens is 1. The van der Waals surface area contributed by atoms with Crippen molar-refractivity contribution < 1.29 is 9.31 Å². The Kier molecular flexibility index (Phi) is 3.79. The predicted octanol–water partition coefficient (Wildman–Crippen LogP) is 3.22. The predicted molar refractivity (Wildman–Crippen MR) is 74.9 cm³/mol. The Balaban J connectivity index is 2.45. The smallest absolute Gasteiger partial charge is 0.311 e. The van der Waals surface area contributed by atoms with Crippen molar-refractivity contribution in [1.29, 1.82) is 0 Å². The minimum atomic E-state index is -0.538.